The molecule has 1 saturated carbocycles. The van der Waals surface area contributed by atoms with Crippen molar-refractivity contribution in [2.24, 2.45) is 10.9 Å². The molecule has 1 aromatic carbocycles. The van der Waals surface area contributed by atoms with E-state index in [4.69, 9.17) is 14.5 Å². The molecule has 0 saturated heterocycles. The van der Waals surface area contributed by atoms with E-state index in [1.165, 1.54) is 12.8 Å². The lowest BCUT2D eigenvalue weighted by Gasteiger charge is -2.14. The first-order valence-corrected chi connectivity index (χ1v) is 10.6. The van der Waals surface area contributed by atoms with E-state index >= 15 is 0 Å². The van der Waals surface area contributed by atoms with Crippen molar-refractivity contribution in [2.75, 3.05) is 31.6 Å². The molecule has 0 atom stereocenters. The monoisotopic (exact) mass is 399 g/mol. The van der Waals surface area contributed by atoms with Crippen molar-refractivity contribution in [1.82, 2.24) is 15.1 Å². The van der Waals surface area contributed by atoms with E-state index in [1.54, 1.807) is 6.20 Å². The molecule has 1 aliphatic carbocycles. The Hall–Kier alpha value is -2.54. The Bertz CT molecular complexity index is 724. The third-order valence-corrected chi connectivity index (χ3v) is 4.45. The maximum atomic E-state index is 5.71. The molecule has 1 aliphatic rings. The van der Waals surface area contributed by atoms with Crippen LogP contribution in [0.2, 0.25) is 0 Å². The molecule has 29 heavy (non-hydrogen) atoms. The second kappa shape index (κ2) is 11.5. The highest BCUT2D eigenvalue weighted by molar-refractivity contribution is 5.93. The zero-order valence-electron chi connectivity index (χ0n) is 17.5. The lowest BCUT2D eigenvalue weighted by molar-refractivity contribution is 0.123. The van der Waals surface area contributed by atoms with Crippen molar-refractivity contribution in [2.45, 2.75) is 45.8 Å². The van der Waals surface area contributed by atoms with Crippen LogP contribution < -0.4 is 15.4 Å². The number of anilines is 1. The number of nitrogens with zero attached hydrogens (tertiary/aromatic N) is 3. The van der Waals surface area contributed by atoms with Crippen molar-refractivity contribution in [3.8, 4) is 5.75 Å². The topological polar surface area (TPSA) is 72.7 Å². The van der Waals surface area contributed by atoms with Crippen molar-refractivity contribution < 1.29 is 9.47 Å². The second-order valence-corrected chi connectivity index (χ2v) is 7.61. The summed E-state index contributed by atoms with van der Waals surface area (Å²) in [5, 5.41) is 11.0. The van der Waals surface area contributed by atoms with E-state index in [0.717, 1.165) is 62.6 Å². The number of guanidine groups is 1. The summed E-state index contributed by atoms with van der Waals surface area (Å²) in [5.41, 5.74) is 0.969. The van der Waals surface area contributed by atoms with Gasteiger partial charge in [-0.15, -0.1) is 0 Å². The Kier molecular flexibility index (Phi) is 8.37. The molecule has 2 N–H and O–H groups in total. The van der Waals surface area contributed by atoms with Gasteiger partial charge in [-0.1, -0.05) is 0 Å². The lowest BCUT2D eigenvalue weighted by Crippen LogP contribution is -2.33. The molecule has 0 unspecified atom stereocenters. The molecule has 1 heterocycles. The van der Waals surface area contributed by atoms with Crippen LogP contribution in [0.4, 0.5) is 5.69 Å². The maximum absolute atomic E-state index is 5.71. The summed E-state index contributed by atoms with van der Waals surface area (Å²) >= 11 is 0. The van der Waals surface area contributed by atoms with Crippen LogP contribution in [0.3, 0.4) is 0 Å². The predicted octanol–water partition coefficient (Wildman–Crippen LogP) is 3.54. The van der Waals surface area contributed by atoms with Gasteiger partial charge in [-0.2, -0.15) is 5.10 Å². The number of hydrogen-bond acceptors (Lipinski definition) is 4. The van der Waals surface area contributed by atoms with Crippen LogP contribution in [0, 0.1) is 5.92 Å². The number of aliphatic imine (C=N–C) groups is 1. The Morgan fingerprint density at radius 2 is 2.10 bits per heavy atom. The zero-order chi connectivity index (χ0) is 20.3. The molecule has 2 aromatic rings. The van der Waals surface area contributed by atoms with E-state index in [9.17, 15) is 0 Å². The Morgan fingerprint density at radius 3 is 2.79 bits per heavy atom. The summed E-state index contributed by atoms with van der Waals surface area (Å²) in [5.74, 6) is 2.43. The fourth-order valence-corrected chi connectivity index (χ4v) is 2.78. The molecule has 158 valence electrons. The minimum Gasteiger partial charge on any atom is -0.491 e. The third kappa shape index (κ3) is 8.56. The maximum Gasteiger partial charge on any atom is 0.195 e. The van der Waals surface area contributed by atoms with Gasteiger partial charge in [0, 0.05) is 44.4 Å². The molecule has 0 spiro atoms. The van der Waals surface area contributed by atoms with Gasteiger partial charge in [0.05, 0.1) is 12.6 Å². The number of benzene rings is 1. The highest BCUT2D eigenvalue weighted by atomic mass is 16.5. The van der Waals surface area contributed by atoms with Gasteiger partial charge in [-0.05, 0) is 69.4 Å². The SMILES string of the molecule is CC(C)Oc1ccc(NC(=NCCCOCC2CC2)NCCn2cccn2)cc1. The number of aromatic nitrogens is 2. The van der Waals surface area contributed by atoms with Gasteiger partial charge in [-0.3, -0.25) is 9.67 Å². The third-order valence-electron chi connectivity index (χ3n) is 4.45. The molecule has 7 nitrogen and oxygen atoms in total. The number of ether oxygens (including phenoxy) is 2. The molecule has 3 rings (SSSR count). The largest absolute Gasteiger partial charge is 0.491 e. The first kappa shape index (κ1) is 21.2. The minimum absolute atomic E-state index is 0.164. The Balaban J connectivity index is 1.48. The first-order valence-electron chi connectivity index (χ1n) is 10.6. The van der Waals surface area contributed by atoms with Crippen LogP contribution >= 0.6 is 0 Å². The summed E-state index contributed by atoms with van der Waals surface area (Å²) < 4.78 is 13.3. The van der Waals surface area contributed by atoms with Gasteiger partial charge in [0.2, 0.25) is 0 Å². The molecule has 0 amide bonds. The summed E-state index contributed by atoms with van der Waals surface area (Å²) in [4.78, 5) is 4.69. The highest BCUT2D eigenvalue weighted by Gasteiger charge is 2.20. The smallest absolute Gasteiger partial charge is 0.195 e. The van der Waals surface area contributed by atoms with Crippen LogP contribution in [-0.4, -0.2) is 48.1 Å². The van der Waals surface area contributed by atoms with E-state index in [1.807, 2.05) is 55.1 Å². The molecule has 1 fully saturated rings. The fraction of sp³-hybridized carbons (Fsp3) is 0.545. The van der Waals surface area contributed by atoms with Crippen LogP contribution in [0.15, 0.2) is 47.7 Å². The van der Waals surface area contributed by atoms with Gasteiger partial charge in [0.25, 0.3) is 0 Å². The van der Waals surface area contributed by atoms with Crippen LogP contribution in [0.1, 0.15) is 33.1 Å². The van der Waals surface area contributed by atoms with E-state index < -0.39 is 0 Å². The molecule has 0 radical (unpaired) electrons. The quantitative estimate of drug-likeness (QED) is 0.324. The van der Waals surface area contributed by atoms with Crippen LogP contribution in [0.25, 0.3) is 0 Å². The van der Waals surface area contributed by atoms with E-state index in [0.29, 0.717) is 0 Å². The molecule has 0 bridgehead atoms. The molecular formula is C22H33N5O2. The standard InChI is InChI=1S/C22H33N5O2/c1-18(2)29-21-9-7-20(8-10-21)26-22(24-13-15-27-14-3-12-25-27)23-11-4-16-28-17-19-5-6-19/h3,7-10,12,14,18-19H,4-6,11,13,15-17H2,1-2H3,(H2,23,24,26). The van der Waals surface area contributed by atoms with Gasteiger partial charge in [0.15, 0.2) is 5.96 Å². The van der Waals surface area contributed by atoms with E-state index in [-0.39, 0.29) is 6.10 Å². The van der Waals surface area contributed by atoms with E-state index in [2.05, 4.69) is 15.7 Å². The molecule has 0 aliphatic heterocycles. The number of rotatable bonds is 12. The molecule has 7 heteroatoms. The summed E-state index contributed by atoms with van der Waals surface area (Å²) in [6.45, 7) is 7.95. The van der Waals surface area contributed by atoms with Crippen LogP contribution in [0.5, 0.6) is 5.75 Å². The number of hydrogen-bond donors (Lipinski definition) is 2. The van der Waals surface area contributed by atoms with Crippen molar-refractivity contribution in [3.05, 3.63) is 42.7 Å². The minimum atomic E-state index is 0.164. The summed E-state index contributed by atoms with van der Waals surface area (Å²) in [6.07, 6.45) is 7.48. The van der Waals surface area contributed by atoms with Crippen molar-refractivity contribution in [3.63, 3.8) is 0 Å². The fourth-order valence-electron chi connectivity index (χ4n) is 2.78. The lowest BCUT2D eigenvalue weighted by atomic mass is 10.3. The van der Waals surface area contributed by atoms with Gasteiger partial charge in [-0.25, -0.2) is 0 Å². The average molecular weight is 400 g/mol. The Labute approximate surface area is 173 Å². The summed E-state index contributed by atoms with van der Waals surface area (Å²) in [7, 11) is 0. The average Bonchev–Trinajstić information content (AvgIpc) is 3.38. The van der Waals surface area contributed by atoms with Crippen molar-refractivity contribution in [1.29, 1.82) is 0 Å². The molecular weight excluding hydrogens is 366 g/mol. The number of nitrogens with one attached hydrogen (secondary N) is 2. The second-order valence-electron chi connectivity index (χ2n) is 7.61. The van der Waals surface area contributed by atoms with Gasteiger partial charge < -0.3 is 20.1 Å². The first-order chi connectivity index (χ1) is 14.2. The predicted molar refractivity (Wildman–Crippen MR) is 117 cm³/mol. The summed E-state index contributed by atoms with van der Waals surface area (Å²) in [6, 6.07) is 9.86. The highest BCUT2D eigenvalue weighted by Crippen LogP contribution is 2.28. The van der Waals surface area contributed by atoms with Gasteiger partial charge >= 0.3 is 0 Å². The zero-order valence-corrected chi connectivity index (χ0v) is 17.5. The van der Waals surface area contributed by atoms with Gasteiger partial charge in [0.1, 0.15) is 5.75 Å². The Morgan fingerprint density at radius 1 is 1.28 bits per heavy atom. The molecule has 1 aromatic heterocycles. The van der Waals surface area contributed by atoms with Crippen LogP contribution in [-0.2, 0) is 11.3 Å². The van der Waals surface area contributed by atoms with Crippen molar-refractivity contribution >= 4 is 11.6 Å². The normalized spacial score (nSPS) is 14.2.